The van der Waals surface area contributed by atoms with E-state index in [1.165, 1.54) is 22.7 Å². The number of carbonyl (C=O) groups excluding carboxylic acids is 1. The molecule has 2 bridgehead atoms. The number of hydrogen-bond donors (Lipinski definition) is 1. The fourth-order valence-electron chi connectivity index (χ4n) is 4.11. The molecule has 3 aliphatic heterocycles. The van der Waals surface area contributed by atoms with Gasteiger partial charge in [-0.05, 0) is 22.9 Å². The predicted octanol–water partition coefficient (Wildman–Crippen LogP) is 2.35. The molecular formula is C19H22NO4S2+. The Labute approximate surface area is 170 Å². The second-order valence-electron chi connectivity index (χ2n) is 6.98. The Morgan fingerprint density at radius 2 is 1.85 bits per heavy atom. The van der Waals surface area contributed by atoms with Crippen molar-refractivity contribution in [3.63, 3.8) is 0 Å². The number of rotatable bonds is 4. The third-order valence-electron chi connectivity index (χ3n) is 5.53. The van der Waals surface area contributed by atoms with Crippen molar-refractivity contribution in [1.82, 2.24) is 0 Å². The fourth-order valence-corrected chi connectivity index (χ4v) is 5.83. The maximum Gasteiger partial charge on any atom is 0.349 e. The van der Waals surface area contributed by atoms with Crippen molar-refractivity contribution < 1.29 is 33.5 Å². The zero-order chi connectivity index (χ0) is 24.0. The highest BCUT2D eigenvalue weighted by atomic mass is 32.1. The number of quaternary nitrogens is 1. The molecule has 2 aromatic heterocycles. The van der Waals surface area contributed by atoms with Gasteiger partial charge < -0.3 is 19.1 Å². The van der Waals surface area contributed by atoms with Crippen LogP contribution in [0.1, 0.15) is 32.2 Å². The van der Waals surface area contributed by atoms with Crippen LogP contribution in [0, 0.1) is 0 Å². The Morgan fingerprint density at radius 3 is 2.31 bits per heavy atom. The molecule has 0 aromatic carbocycles. The van der Waals surface area contributed by atoms with Crippen LogP contribution in [0.25, 0.3) is 0 Å². The number of aliphatic hydroxyl groups is 1. The van der Waals surface area contributed by atoms with Crippen LogP contribution in [0.4, 0.5) is 0 Å². The average Bonchev–Trinajstić information content (AvgIpc) is 3.07. The summed E-state index contributed by atoms with van der Waals surface area (Å²) in [7, 11) is 0. The first-order valence-electron chi connectivity index (χ1n) is 11.8. The lowest BCUT2D eigenvalue weighted by molar-refractivity contribution is -0.938. The number of piperidine rings is 1. The van der Waals surface area contributed by atoms with Crippen LogP contribution in [0.3, 0.4) is 0 Å². The summed E-state index contributed by atoms with van der Waals surface area (Å²) in [5.74, 6) is -1.04. The van der Waals surface area contributed by atoms with E-state index in [4.69, 9.17) is 19.1 Å². The molecule has 26 heavy (non-hydrogen) atoms. The predicted molar refractivity (Wildman–Crippen MR) is 99.1 cm³/mol. The summed E-state index contributed by atoms with van der Waals surface area (Å²) in [4.78, 5) is 14.0. The van der Waals surface area contributed by atoms with E-state index in [-0.39, 0.29) is 12.8 Å². The van der Waals surface area contributed by atoms with Gasteiger partial charge in [-0.15, -0.1) is 22.7 Å². The van der Waals surface area contributed by atoms with Crippen LogP contribution in [0.5, 0.6) is 0 Å². The molecule has 2 aromatic rings. The SMILES string of the molecule is [2H]C1(OC(=O)C(O)(c2cccs2)c2cccs2)CC2C3OC3C(C1)[N+]2(C([2H])([2H])[2H])C([2H])([2H])[2H]. The maximum absolute atomic E-state index is 13.4. The van der Waals surface area contributed by atoms with E-state index in [1.807, 2.05) is 0 Å². The zero-order valence-corrected chi connectivity index (χ0v) is 15.3. The molecule has 5 heterocycles. The van der Waals surface area contributed by atoms with Crippen molar-refractivity contribution in [3.05, 3.63) is 44.8 Å². The van der Waals surface area contributed by atoms with Gasteiger partial charge in [0.15, 0.2) is 0 Å². The lowest BCUT2D eigenvalue weighted by atomic mass is 9.95. The summed E-state index contributed by atoms with van der Waals surface area (Å²) in [5.41, 5.74) is -2.12. The monoisotopic (exact) mass is 399 g/mol. The minimum Gasteiger partial charge on any atom is -0.459 e. The largest absolute Gasteiger partial charge is 0.459 e. The summed E-state index contributed by atoms with van der Waals surface area (Å²) < 4.78 is 67.4. The minimum atomic E-state index is -2.86. The van der Waals surface area contributed by atoms with Gasteiger partial charge in [0.05, 0.1) is 33.3 Å². The first kappa shape index (κ1) is 10.9. The summed E-state index contributed by atoms with van der Waals surface area (Å²) in [6.45, 7) is -5.73. The Bertz CT molecular complexity index is 985. The second kappa shape index (κ2) is 5.62. The van der Waals surface area contributed by atoms with Gasteiger partial charge in [0, 0.05) is 12.8 Å². The topological polar surface area (TPSA) is 59.1 Å². The molecule has 0 saturated carbocycles. The van der Waals surface area contributed by atoms with Crippen LogP contribution >= 0.6 is 22.7 Å². The van der Waals surface area contributed by atoms with E-state index in [0.29, 0.717) is 9.75 Å². The number of thiophene rings is 2. The molecule has 5 nitrogen and oxygen atoms in total. The van der Waals surface area contributed by atoms with Crippen LogP contribution in [-0.2, 0) is 19.9 Å². The Balaban J connectivity index is 1.49. The number of carbonyl (C=O) groups is 1. The van der Waals surface area contributed by atoms with Crippen LogP contribution in [0.2, 0.25) is 0 Å². The molecule has 138 valence electrons. The molecule has 0 radical (unpaired) electrons. The highest BCUT2D eigenvalue weighted by Gasteiger charge is 2.71. The summed E-state index contributed by atoms with van der Waals surface area (Å²) in [5, 5.41) is 14.9. The molecule has 0 aliphatic carbocycles. The lowest BCUT2D eigenvalue weighted by Crippen LogP contribution is -2.60. The van der Waals surface area contributed by atoms with Crippen LogP contribution < -0.4 is 0 Å². The van der Waals surface area contributed by atoms with Crippen molar-refractivity contribution in [2.45, 2.75) is 48.8 Å². The van der Waals surface area contributed by atoms with Crippen molar-refractivity contribution in [1.29, 1.82) is 0 Å². The summed E-state index contributed by atoms with van der Waals surface area (Å²) in [6, 6.07) is 4.45. The summed E-state index contributed by atoms with van der Waals surface area (Å²) >= 11 is 2.34. The normalized spacial score (nSPS) is 42.1. The number of likely N-dealkylation sites (N-methyl/N-ethyl adjacent to an activating group) is 1. The molecule has 3 aliphatic rings. The van der Waals surface area contributed by atoms with Gasteiger partial charge in [0.25, 0.3) is 0 Å². The van der Waals surface area contributed by atoms with E-state index in [0.717, 1.165) is 0 Å². The number of hydrogen-bond acceptors (Lipinski definition) is 6. The molecule has 1 N–H and O–H groups in total. The number of fused-ring (bicyclic) bond motifs is 5. The molecule has 5 rings (SSSR count). The van der Waals surface area contributed by atoms with Crippen molar-refractivity contribution in [3.8, 4) is 0 Å². The lowest BCUT2D eigenvalue weighted by Gasteiger charge is -2.45. The third kappa shape index (κ3) is 2.28. The smallest absolute Gasteiger partial charge is 0.349 e. The van der Waals surface area contributed by atoms with Gasteiger partial charge in [0.1, 0.15) is 30.4 Å². The summed E-state index contributed by atoms with van der Waals surface area (Å²) in [6.07, 6.45) is -3.77. The third-order valence-corrected chi connectivity index (χ3v) is 7.49. The highest BCUT2D eigenvalue weighted by molar-refractivity contribution is 7.12. The van der Waals surface area contributed by atoms with Crippen LogP contribution in [-0.4, -0.2) is 59.9 Å². The van der Waals surface area contributed by atoms with Crippen LogP contribution in [0.15, 0.2) is 35.0 Å². The van der Waals surface area contributed by atoms with Gasteiger partial charge in [-0.2, -0.15) is 0 Å². The number of esters is 1. The first-order valence-corrected chi connectivity index (χ1v) is 10.1. The Hall–Kier alpha value is -1.25. The van der Waals surface area contributed by atoms with Gasteiger partial charge >= 0.3 is 5.97 Å². The fraction of sp³-hybridized carbons (Fsp3) is 0.526. The Kier molecular flexibility index (Phi) is 2.36. The number of nitrogens with zero attached hydrogens (tertiary/aromatic N) is 1. The average molecular weight is 400 g/mol. The minimum absolute atomic E-state index is 0.321. The number of ether oxygens (including phenoxy) is 2. The molecule has 0 spiro atoms. The molecule has 3 fully saturated rings. The van der Waals surface area contributed by atoms with Gasteiger partial charge in [-0.3, -0.25) is 0 Å². The molecular weight excluding hydrogens is 370 g/mol. The van der Waals surface area contributed by atoms with Gasteiger partial charge in [0.2, 0.25) is 5.60 Å². The molecule has 4 atom stereocenters. The van der Waals surface area contributed by atoms with E-state index in [2.05, 4.69) is 0 Å². The quantitative estimate of drug-likeness (QED) is 0.487. The van der Waals surface area contributed by atoms with E-state index in [1.54, 1.807) is 35.0 Å². The Morgan fingerprint density at radius 1 is 1.27 bits per heavy atom. The molecule has 7 heteroatoms. The van der Waals surface area contributed by atoms with Gasteiger partial charge in [-0.25, -0.2) is 4.79 Å². The maximum atomic E-state index is 13.4. The highest BCUT2D eigenvalue weighted by Crippen LogP contribution is 2.52. The van der Waals surface area contributed by atoms with Crippen molar-refractivity contribution >= 4 is 28.6 Å². The second-order valence-corrected chi connectivity index (χ2v) is 8.87. The van der Waals surface area contributed by atoms with E-state index in [9.17, 15) is 9.90 Å². The zero-order valence-electron chi connectivity index (χ0n) is 20.6. The van der Waals surface area contributed by atoms with Crippen molar-refractivity contribution in [2.75, 3.05) is 14.0 Å². The van der Waals surface area contributed by atoms with E-state index >= 15 is 0 Å². The standard InChI is InChI=1S/C19H22NO4S2/c1-20(2)12-9-11(10-13(20)17-16(12)24-17)23-18(21)19(22,14-5-3-7-25-14)15-6-4-8-26-15/h3-8,11-13,16-17,22H,9-10H2,1-2H3/q+1/i1D3,2D3,11D. The van der Waals surface area contributed by atoms with Crippen molar-refractivity contribution in [2.24, 2.45) is 0 Å². The van der Waals surface area contributed by atoms with E-state index < -0.39 is 60.4 Å². The number of morpholine rings is 1. The molecule has 3 saturated heterocycles. The first-order chi connectivity index (χ1) is 15.3. The molecule has 0 amide bonds. The number of epoxide rings is 1. The van der Waals surface area contributed by atoms with Gasteiger partial charge in [-0.1, -0.05) is 12.1 Å². The molecule has 4 unspecified atom stereocenters.